The number of para-hydroxylation sites is 1. The van der Waals surface area contributed by atoms with Crippen molar-refractivity contribution in [3.05, 3.63) is 59.4 Å². The zero-order valence-corrected chi connectivity index (χ0v) is 11.1. The molecular formula is C16H15FO3. The van der Waals surface area contributed by atoms with E-state index in [0.717, 1.165) is 11.8 Å². The Morgan fingerprint density at radius 3 is 2.50 bits per heavy atom. The van der Waals surface area contributed by atoms with Crippen molar-refractivity contribution < 1.29 is 18.7 Å². The van der Waals surface area contributed by atoms with Crippen LogP contribution in [-0.4, -0.2) is 12.9 Å². The van der Waals surface area contributed by atoms with E-state index in [-0.39, 0.29) is 12.4 Å². The molecule has 2 aromatic carbocycles. The summed E-state index contributed by atoms with van der Waals surface area (Å²) < 4.78 is 23.9. The fourth-order valence-corrected chi connectivity index (χ4v) is 1.79. The molecule has 0 amide bonds. The molecule has 0 N–H and O–H groups in total. The molecule has 2 aromatic rings. The van der Waals surface area contributed by atoms with Crippen LogP contribution in [0.15, 0.2) is 42.5 Å². The third-order valence-electron chi connectivity index (χ3n) is 2.73. The fourth-order valence-electron chi connectivity index (χ4n) is 1.79. The monoisotopic (exact) mass is 274 g/mol. The van der Waals surface area contributed by atoms with Gasteiger partial charge in [0.05, 0.1) is 12.2 Å². The highest BCUT2D eigenvalue weighted by Gasteiger charge is 2.10. The van der Waals surface area contributed by atoms with Crippen molar-refractivity contribution in [2.75, 3.05) is 6.61 Å². The number of hydrogen-bond acceptors (Lipinski definition) is 3. The number of carbonyl (C=O) groups is 1. The predicted molar refractivity (Wildman–Crippen MR) is 73.7 cm³/mol. The molecule has 0 aliphatic rings. The number of aldehydes is 1. The minimum Gasteiger partial charge on any atom is -0.490 e. The lowest BCUT2D eigenvalue weighted by atomic mass is 10.2. The summed E-state index contributed by atoms with van der Waals surface area (Å²) >= 11 is 0. The van der Waals surface area contributed by atoms with Crippen molar-refractivity contribution in [2.24, 2.45) is 0 Å². The average molecular weight is 274 g/mol. The van der Waals surface area contributed by atoms with Gasteiger partial charge in [-0.25, -0.2) is 4.39 Å². The Bertz CT molecular complexity index is 579. The van der Waals surface area contributed by atoms with Gasteiger partial charge in [0.15, 0.2) is 17.8 Å². The molecule has 0 fully saturated rings. The van der Waals surface area contributed by atoms with Gasteiger partial charge in [0.25, 0.3) is 0 Å². The maximum absolute atomic E-state index is 12.8. The molecule has 0 unspecified atom stereocenters. The number of rotatable bonds is 6. The molecule has 0 radical (unpaired) electrons. The zero-order chi connectivity index (χ0) is 14.4. The largest absolute Gasteiger partial charge is 0.490 e. The summed E-state index contributed by atoms with van der Waals surface area (Å²) in [5, 5.41) is 0. The van der Waals surface area contributed by atoms with E-state index in [4.69, 9.17) is 9.47 Å². The maximum atomic E-state index is 12.8. The Kier molecular flexibility index (Phi) is 4.71. The van der Waals surface area contributed by atoms with Crippen molar-refractivity contribution in [3.63, 3.8) is 0 Å². The van der Waals surface area contributed by atoms with Crippen molar-refractivity contribution in [3.8, 4) is 11.5 Å². The van der Waals surface area contributed by atoms with Gasteiger partial charge in [-0.05, 0) is 36.8 Å². The van der Waals surface area contributed by atoms with Gasteiger partial charge in [-0.2, -0.15) is 0 Å². The number of halogens is 1. The molecule has 0 saturated carbocycles. The van der Waals surface area contributed by atoms with Crippen molar-refractivity contribution in [1.82, 2.24) is 0 Å². The molecule has 0 atom stereocenters. The Morgan fingerprint density at radius 1 is 1.10 bits per heavy atom. The van der Waals surface area contributed by atoms with Gasteiger partial charge < -0.3 is 9.47 Å². The van der Waals surface area contributed by atoms with Gasteiger partial charge in [0.2, 0.25) is 0 Å². The standard InChI is InChI=1S/C16H15FO3/c1-2-19-15-5-3-4-13(10-18)16(15)20-11-12-6-8-14(17)9-7-12/h3-10H,2,11H2,1H3. The minimum absolute atomic E-state index is 0.241. The van der Waals surface area contributed by atoms with Gasteiger partial charge in [0.1, 0.15) is 12.4 Å². The van der Waals surface area contributed by atoms with Crippen LogP contribution in [0, 0.1) is 5.82 Å². The smallest absolute Gasteiger partial charge is 0.172 e. The second-order valence-corrected chi connectivity index (χ2v) is 4.14. The molecule has 0 spiro atoms. The molecule has 4 heteroatoms. The van der Waals surface area contributed by atoms with E-state index in [0.29, 0.717) is 23.7 Å². The summed E-state index contributed by atoms with van der Waals surface area (Å²) in [6.07, 6.45) is 0.725. The summed E-state index contributed by atoms with van der Waals surface area (Å²) in [6, 6.07) is 11.2. The van der Waals surface area contributed by atoms with Crippen molar-refractivity contribution >= 4 is 6.29 Å². The number of carbonyl (C=O) groups excluding carboxylic acids is 1. The summed E-state index contributed by atoms with van der Waals surface area (Å²) in [4.78, 5) is 11.1. The SMILES string of the molecule is CCOc1cccc(C=O)c1OCc1ccc(F)cc1. The lowest BCUT2D eigenvalue weighted by Crippen LogP contribution is -2.02. The quantitative estimate of drug-likeness (QED) is 0.755. The summed E-state index contributed by atoms with van der Waals surface area (Å²) in [7, 11) is 0. The summed E-state index contributed by atoms with van der Waals surface area (Å²) in [5.41, 5.74) is 1.24. The molecule has 3 nitrogen and oxygen atoms in total. The van der Waals surface area contributed by atoms with Gasteiger partial charge in [-0.15, -0.1) is 0 Å². The van der Waals surface area contributed by atoms with Crippen LogP contribution in [0.3, 0.4) is 0 Å². The molecule has 0 aromatic heterocycles. The van der Waals surface area contributed by atoms with E-state index < -0.39 is 0 Å². The third-order valence-corrected chi connectivity index (χ3v) is 2.73. The topological polar surface area (TPSA) is 35.5 Å². The van der Waals surface area contributed by atoms with E-state index in [1.54, 1.807) is 30.3 Å². The predicted octanol–water partition coefficient (Wildman–Crippen LogP) is 3.62. The molecule has 0 saturated heterocycles. The van der Waals surface area contributed by atoms with Crippen molar-refractivity contribution in [1.29, 1.82) is 0 Å². The highest BCUT2D eigenvalue weighted by molar-refractivity contribution is 5.81. The first-order chi connectivity index (χ1) is 9.74. The van der Waals surface area contributed by atoms with Gasteiger partial charge in [-0.1, -0.05) is 18.2 Å². The molecule has 0 aliphatic carbocycles. The fraction of sp³-hybridized carbons (Fsp3) is 0.188. The van der Waals surface area contributed by atoms with E-state index in [1.807, 2.05) is 6.92 Å². The highest BCUT2D eigenvalue weighted by Crippen LogP contribution is 2.31. The van der Waals surface area contributed by atoms with E-state index in [1.165, 1.54) is 12.1 Å². The third kappa shape index (κ3) is 3.35. The first-order valence-electron chi connectivity index (χ1n) is 6.33. The Balaban J connectivity index is 2.18. The molecule has 20 heavy (non-hydrogen) atoms. The lowest BCUT2D eigenvalue weighted by molar-refractivity contribution is 0.111. The zero-order valence-electron chi connectivity index (χ0n) is 11.1. The molecule has 0 aliphatic heterocycles. The van der Waals surface area contributed by atoms with Crippen LogP contribution in [0.1, 0.15) is 22.8 Å². The Morgan fingerprint density at radius 2 is 1.85 bits per heavy atom. The molecule has 2 rings (SSSR count). The van der Waals surface area contributed by atoms with Crippen LogP contribution in [0.5, 0.6) is 11.5 Å². The second kappa shape index (κ2) is 6.70. The van der Waals surface area contributed by atoms with Crippen LogP contribution >= 0.6 is 0 Å². The lowest BCUT2D eigenvalue weighted by Gasteiger charge is -2.13. The van der Waals surface area contributed by atoms with Crippen LogP contribution < -0.4 is 9.47 Å². The minimum atomic E-state index is -0.294. The summed E-state index contributed by atoms with van der Waals surface area (Å²) in [6.45, 7) is 2.58. The number of benzene rings is 2. The molecular weight excluding hydrogens is 259 g/mol. The van der Waals surface area contributed by atoms with Crippen LogP contribution in [0.25, 0.3) is 0 Å². The maximum Gasteiger partial charge on any atom is 0.172 e. The number of ether oxygens (including phenoxy) is 2. The number of hydrogen-bond donors (Lipinski definition) is 0. The van der Waals surface area contributed by atoms with Gasteiger partial charge >= 0.3 is 0 Å². The highest BCUT2D eigenvalue weighted by atomic mass is 19.1. The average Bonchev–Trinajstić information content (AvgIpc) is 2.47. The van der Waals surface area contributed by atoms with E-state index in [2.05, 4.69) is 0 Å². The first-order valence-corrected chi connectivity index (χ1v) is 6.33. The molecule has 0 heterocycles. The summed E-state index contributed by atoms with van der Waals surface area (Å²) in [5.74, 6) is 0.643. The molecule has 104 valence electrons. The van der Waals surface area contributed by atoms with Gasteiger partial charge in [0, 0.05) is 0 Å². The van der Waals surface area contributed by atoms with Gasteiger partial charge in [-0.3, -0.25) is 4.79 Å². The first kappa shape index (κ1) is 14.1. The van der Waals surface area contributed by atoms with Crippen molar-refractivity contribution in [2.45, 2.75) is 13.5 Å². The van der Waals surface area contributed by atoms with Crippen LogP contribution in [0.2, 0.25) is 0 Å². The normalized spacial score (nSPS) is 10.1. The van der Waals surface area contributed by atoms with E-state index in [9.17, 15) is 9.18 Å². The van der Waals surface area contributed by atoms with Crippen LogP contribution in [0.4, 0.5) is 4.39 Å². The molecule has 0 bridgehead atoms. The Labute approximate surface area is 117 Å². The van der Waals surface area contributed by atoms with Crippen LogP contribution in [-0.2, 0) is 6.61 Å². The Hall–Kier alpha value is -2.36. The second-order valence-electron chi connectivity index (χ2n) is 4.14. The van der Waals surface area contributed by atoms with E-state index >= 15 is 0 Å².